The van der Waals surface area contributed by atoms with Gasteiger partial charge in [0.2, 0.25) is 0 Å². The van der Waals surface area contributed by atoms with Crippen molar-refractivity contribution in [3.63, 3.8) is 0 Å². The molecule has 98 valence electrons. The molecule has 1 aromatic rings. The molecule has 3 rings (SSSR count). The largest absolute Gasteiger partial charge is 0.368 e. The summed E-state index contributed by atoms with van der Waals surface area (Å²) < 4.78 is 0. The Morgan fingerprint density at radius 2 is 1.72 bits per heavy atom. The van der Waals surface area contributed by atoms with Crippen molar-refractivity contribution in [2.75, 3.05) is 11.9 Å². The van der Waals surface area contributed by atoms with Crippen molar-refractivity contribution >= 4 is 40.6 Å². The van der Waals surface area contributed by atoms with Gasteiger partial charge in [0.15, 0.2) is 0 Å². The molecule has 0 bridgehead atoms. The average Bonchev–Trinajstić information content (AvgIpc) is 3.17. The third kappa shape index (κ3) is 2.87. The van der Waals surface area contributed by atoms with Gasteiger partial charge in [0.05, 0.1) is 10.0 Å². The molecule has 0 radical (unpaired) electrons. The fourth-order valence-corrected chi connectivity index (χ4v) is 3.11. The Labute approximate surface area is 122 Å². The maximum atomic E-state index is 6.11. The highest BCUT2D eigenvalue weighted by atomic mass is 35.5. The summed E-state index contributed by atoms with van der Waals surface area (Å²) in [7, 11) is 0. The Balaban J connectivity index is 1.66. The number of anilines is 1. The molecule has 2 fully saturated rings. The molecule has 0 unspecified atom stereocenters. The molecular weight excluding hydrogens is 291 g/mol. The number of pyridine rings is 1. The molecular formula is C13H15Cl3N2. The Hall–Kier alpha value is -0.180. The lowest BCUT2D eigenvalue weighted by Crippen LogP contribution is -2.19. The van der Waals surface area contributed by atoms with Crippen molar-refractivity contribution in [3.05, 3.63) is 21.3 Å². The van der Waals surface area contributed by atoms with Crippen molar-refractivity contribution in [1.82, 2.24) is 4.98 Å². The maximum absolute atomic E-state index is 6.11. The van der Waals surface area contributed by atoms with Crippen molar-refractivity contribution in [2.45, 2.75) is 25.7 Å². The molecule has 0 saturated heterocycles. The molecule has 1 aromatic heterocycles. The van der Waals surface area contributed by atoms with Gasteiger partial charge in [0, 0.05) is 6.54 Å². The van der Waals surface area contributed by atoms with E-state index in [1.807, 2.05) is 0 Å². The molecule has 2 aliphatic carbocycles. The van der Waals surface area contributed by atoms with Gasteiger partial charge < -0.3 is 5.32 Å². The predicted octanol–water partition coefficient (Wildman–Crippen LogP) is 4.89. The summed E-state index contributed by atoms with van der Waals surface area (Å²) in [5.41, 5.74) is 0. The second kappa shape index (κ2) is 5.07. The number of nitrogens with zero attached hydrogens (tertiary/aromatic N) is 1. The SMILES string of the molecule is Clc1cc(Cl)c(NCC(C2CC2)C2CC2)nc1Cl. The van der Waals surface area contributed by atoms with E-state index >= 15 is 0 Å². The summed E-state index contributed by atoms with van der Waals surface area (Å²) in [6.07, 6.45) is 5.52. The number of nitrogens with one attached hydrogen (secondary N) is 1. The average molecular weight is 306 g/mol. The summed E-state index contributed by atoms with van der Waals surface area (Å²) in [5, 5.41) is 4.57. The Morgan fingerprint density at radius 1 is 1.11 bits per heavy atom. The van der Waals surface area contributed by atoms with E-state index in [0.29, 0.717) is 21.0 Å². The molecule has 18 heavy (non-hydrogen) atoms. The van der Waals surface area contributed by atoms with Crippen LogP contribution in [0.25, 0.3) is 0 Å². The molecule has 5 heteroatoms. The topological polar surface area (TPSA) is 24.9 Å². The van der Waals surface area contributed by atoms with Crippen molar-refractivity contribution in [2.24, 2.45) is 17.8 Å². The van der Waals surface area contributed by atoms with E-state index in [1.54, 1.807) is 6.07 Å². The molecule has 1 N–H and O–H groups in total. The van der Waals surface area contributed by atoms with E-state index in [2.05, 4.69) is 10.3 Å². The van der Waals surface area contributed by atoms with Crippen LogP contribution in [0.1, 0.15) is 25.7 Å². The molecule has 2 aliphatic rings. The summed E-state index contributed by atoms with van der Waals surface area (Å²) in [5.74, 6) is 3.24. The fourth-order valence-electron chi connectivity index (χ4n) is 2.55. The predicted molar refractivity (Wildman–Crippen MR) is 76.7 cm³/mol. The first-order chi connectivity index (χ1) is 8.65. The number of rotatable bonds is 5. The van der Waals surface area contributed by atoms with E-state index < -0.39 is 0 Å². The maximum Gasteiger partial charge on any atom is 0.150 e. The van der Waals surface area contributed by atoms with E-state index in [9.17, 15) is 0 Å². The van der Waals surface area contributed by atoms with Crippen LogP contribution < -0.4 is 5.32 Å². The van der Waals surface area contributed by atoms with Crippen molar-refractivity contribution < 1.29 is 0 Å². The van der Waals surface area contributed by atoms with Crippen LogP contribution in [0.4, 0.5) is 5.82 Å². The van der Waals surface area contributed by atoms with Crippen LogP contribution in [-0.4, -0.2) is 11.5 Å². The van der Waals surface area contributed by atoms with Crippen molar-refractivity contribution in [3.8, 4) is 0 Å². The second-order valence-corrected chi connectivity index (χ2v) is 6.48. The zero-order chi connectivity index (χ0) is 12.7. The molecule has 0 aliphatic heterocycles. The highest BCUT2D eigenvalue weighted by molar-refractivity contribution is 6.42. The number of aromatic nitrogens is 1. The minimum Gasteiger partial charge on any atom is -0.368 e. The first kappa shape index (κ1) is 12.8. The third-order valence-electron chi connectivity index (χ3n) is 3.85. The van der Waals surface area contributed by atoms with Gasteiger partial charge in [0.25, 0.3) is 0 Å². The van der Waals surface area contributed by atoms with Gasteiger partial charge in [-0.3, -0.25) is 0 Å². The summed E-state index contributed by atoms with van der Waals surface area (Å²) in [6, 6.07) is 1.64. The van der Waals surface area contributed by atoms with E-state index in [1.165, 1.54) is 25.7 Å². The first-order valence-corrected chi connectivity index (χ1v) is 7.54. The van der Waals surface area contributed by atoms with Gasteiger partial charge in [0.1, 0.15) is 11.0 Å². The van der Waals surface area contributed by atoms with Crippen LogP contribution in [-0.2, 0) is 0 Å². The molecule has 0 spiro atoms. The van der Waals surface area contributed by atoms with Crippen LogP contribution in [0.3, 0.4) is 0 Å². The van der Waals surface area contributed by atoms with Crippen LogP contribution in [0.2, 0.25) is 15.2 Å². The minimum atomic E-state index is 0.304. The quantitative estimate of drug-likeness (QED) is 0.783. The number of hydrogen-bond donors (Lipinski definition) is 1. The Morgan fingerprint density at radius 3 is 2.28 bits per heavy atom. The lowest BCUT2D eigenvalue weighted by Gasteiger charge is -2.17. The lowest BCUT2D eigenvalue weighted by molar-refractivity contribution is 0.428. The molecule has 0 amide bonds. The molecule has 2 saturated carbocycles. The summed E-state index contributed by atoms with van der Waals surface area (Å²) in [4.78, 5) is 4.19. The number of halogens is 3. The number of hydrogen-bond acceptors (Lipinski definition) is 2. The fraction of sp³-hybridized carbons (Fsp3) is 0.615. The van der Waals surface area contributed by atoms with Gasteiger partial charge in [-0.25, -0.2) is 4.98 Å². The van der Waals surface area contributed by atoms with Gasteiger partial charge in [-0.05, 0) is 49.5 Å². The molecule has 0 atom stereocenters. The van der Waals surface area contributed by atoms with E-state index in [0.717, 1.165) is 24.3 Å². The van der Waals surface area contributed by atoms with Crippen LogP contribution >= 0.6 is 34.8 Å². The third-order valence-corrected chi connectivity index (χ3v) is 4.81. The zero-order valence-corrected chi connectivity index (χ0v) is 12.2. The van der Waals surface area contributed by atoms with Gasteiger partial charge in [-0.2, -0.15) is 0 Å². The molecule has 1 heterocycles. The lowest BCUT2D eigenvalue weighted by atomic mass is 9.98. The monoisotopic (exact) mass is 304 g/mol. The van der Waals surface area contributed by atoms with Gasteiger partial charge in [-0.15, -0.1) is 0 Å². The van der Waals surface area contributed by atoms with E-state index in [4.69, 9.17) is 34.8 Å². The van der Waals surface area contributed by atoms with Crippen molar-refractivity contribution in [1.29, 1.82) is 0 Å². The van der Waals surface area contributed by atoms with E-state index in [-0.39, 0.29) is 0 Å². The summed E-state index contributed by atoms with van der Waals surface area (Å²) in [6.45, 7) is 0.944. The Kier molecular flexibility index (Phi) is 3.61. The highest BCUT2D eigenvalue weighted by Crippen LogP contribution is 2.49. The second-order valence-electron chi connectivity index (χ2n) is 5.31. The minimum absolute atomic E-state index is 0.304. The molecule has 2 nitrogen and oxygen atoms in total. The van der Waals surface area contributed by atoms with Gasteiger partial charge in [-0.1, -0.05) is 34.8 Å². The molecule has 0 aromatic carbocycles. The zero-order valence-electron chi connectivity index (χ0n) is 9.93. The first-order valence-electron chi connectivity index (χ1n) is 6.40. The van der Waals surface area contributed by atoms with Crippen LogP contribution in [0, 0.1) is 17.8 Å². The standard InChI is InChI=1S/C13H15Cl3N2/c14-10-5-11(15)13(18-12(10)16)17-6-9(7-1-2-7)8-3-4-8/h5,7-9H,1-4,6H2,(H,17,18). The normalized spacial score (nSPS) is 19.3. The van der Waals surface area contributed by atoms with Crippen LogP contribution in [0.15, 0.2) is 6.07 Å². The smallest absolute Gasteiger partial charge is 0.150 e. The van der Waals surface area contributed by atoms with Gasteiger partial charge >= 0.3 is 0 Å². The Bertz CT molecular complexity index is 444. The van der Waals surface area contributed by atoms with Crippen LogP contribution in [0.5, 0.6) is 0 Å². The highest BCUT2D eigenvalue weighted by Gasteiger charge is 2.41. The summed E-state index contributed by atoms with van der Waals surface area (Å²) >= 11 is 17.9.